The molecule has 17 heavy (non-hydrogen) atoms. The number of nitrogens with one attached hydrogen (secondary N) is 1. The van der Waals surface area contributed by atoms with Gasteiger partial charge in [-0.2, -0.15) is 0 Å². The average molecular weight is 237 g/mol. The van der Waals surface area contributed by atoms with E-state index in [0.29, 0.717) is 13.2 Å². The van der Waals surface area contributed by atoms with Gasteiger partial charge < -0.3 is 9.84 Å². The van der Waals surface area contributed by atoms with E-state index in [0.717, 1.165) is 16.7 Å². The van der Waals surface area contributed by atoms with Gasteiger partial charge in [-0.05, 0) is 25.0 Å². The van der Waals surface area contributed by atoms with Crippen molar-refractivity contribution in [3.8, 4) is 0 Å². The van der Waals surface area contributed by atoms with E-state index in [9.17, 15) is 9.90 Å². The third-order valence-corrected chi connectivity index (χ3v) is 2.64. The fourth-order valence-corrected chi connectivity index (χ4v) is 1.79. The van der Waals surface area contributed by atoms with Crippen LogP contribution >= 0.6 is 0 Å². The summed E-state index contributed by atoms with van der Waals surface area (Å²) < 4.78 is 4.90. The van der Waals surface area contributed by atoms with Gasteiger partial charge in [-0.15, -0.1) is 0 Å². The molecule has 94 valence electrons. The Labute approximate surface area is 102 Å². The first-order valence-corrected chi connectivity index (χ1v) is 5.58. The summed E-state index contributed by atoms with van der Waals surface area (Å²) in [5, 5.41) is 12.2. The van der Waals surface area contributed by atoms with Crippen LogP contribution in [0, 0.1) is 13.8 Å². The van der Waals surface area contributed by atoms with Crippen LogP contribution in [0.15, 0.2) is 18.2 Å². The monoisotopic (exact) mass is 237 g/mol. The van der Waals surface area contributed by atoms with Gasteiger partial charge in [0.15, 0.2) is 0 Å². The van der Waals surface area contributed by atoms with Gasteiger partial charge in [0.25, 0.3) is 0 Å². The summed E-state index contributed by atoms with van der Waals surface area (Å²) in [4.78, 5) is 11.2. The van der Waals surface area contributed by atoms with Crippen molar-refractivity contribution in [2.24, 2.45) is 0 Å². The van der Waals surface area contributed by atoms with Gasteiger partial charge in [0.05, 0.1) is 6.61 Å². The number of hydrogen-bond donors (Lipinski definition) is 2. The van der Waals surface area contributed by atoms with E-state index in [4.69, 9.17) is 4.74 Å². The van der Waals surface area contributed by atoms with E-state index in [1.54, 1.807) is 7.11 Å². The summed E-state index contributed by atoms with van der Waals surface area (Å²) in [6, 6.07) is 5.11. The minimum Gasteiger partial charge on any atom is -0.480 e. The molecule has 0 heterocycles. The minimum absolute atomic E-state index is 0.495. The fraction of sp³-hybridized carbons (Fsp3) is 0.462. The number of hydrogen-bond acceptors (Lipinski definition) is 3. The van der Waals surface area contributed by atoms with Crippen LogP contribution in [0.25, 0.3) is 0 Å². The normalized spacial score (nSPS) is 12.4. The Morgan fingerprint density at radius 3 is 2.71 bits per heavy atom. The molecule has 0 fully saturated rings. The van der Waals surface area contributed by atoms with Crippen molar-refractivity contribution in [1.29, 1.82) is 0 Å². The molecule has 1 aromatic rings. The number of benzene rings is 1. The second-order valence-electron chi connectivity index (χ2n) is 4.08. The molecule has 2 N–H and O–H groups in total. The summed E-state index contributed by atoms with van der Waals surface area (Å²) in [6.07, 6.45) is 0. The number of carboxylic acid groups (broad SMARTS) is 1. The maximum atomic E-state index is 11.2. The molecule has 4 nitrogen and oxygen atoms in total. The van der Waals surface area contributed by atoms with Crippen molar-refractivity contribution < 1.29 is 14.6 Å². The quantitative estimate of drug-likeness (QED) is 0.739. The second kappa shape index (κ2) is 6.37. The molecular weight excluding hydrogens is 218 g/mol. The van der Waals surface area contributed by atoms with Crippen molar-refractivity contribution in [1.82, 2.24) is 5.32 Å². The first-order chi connectivity index (χ1) is 8.06. The van der Waals surface area contributed by atoms with Gasteiger partial charge in [0.1, 0.15) is 6.04 Å². The van der Waals surface area contributed by atoms with E-state index >= 15 is 0 Å². The number of carbonyl (C=O) groups is 1. The predicted molar refractivity (Wildman–Crippen MR) is 66.2 cm³/mol. The Balaban J connectivity index is 2.86. The molecule has 4 heteroatoms. The number of methoxy groups -OCH3 is 1. The molecule has 1 unspecified atom stereocenters. The van der Waals surface area contributed by atoms with Crippen LogP contribution in [0.1, 0.15) is 22.7 Å². The fourth-order valence-electron chi connectivity index (χ4n) is 1.79. The van der Waals surface area contributed by atoms with Gasteiger partial charge in [-0.3, -0.25) is 10.1 Å². The number of aryl methyl sites for hydroxylation is 2. The maximum Gasteiger partial charge on any atom is 0.325 e. The zero-order chi connectivity index (χ0) is 12.8. The Kier molecular flexibility index (Phi) is 5.12. The third kappa shape index (κ3) is 3.84. The Hall–Kier alpha value is -1.39. The van der Waals surface area contributed by atoms with Crippen LogP contribution in [0.4, 0.5) is 0 Å². The molecule has 0 bridgehead atoms. The van der Waals surface area contributed by atoms with Crippen LogP contribution in [-0.4, -0.2) is 31.3 Å². The third-order valence-electron chi connectivity index (χ3n) is 2.64. The Morgan fingerprint density at radius 2 is 2.18 bits per heavy atom. The standard InChI is InChI=1S/C13H19NO3/c1-9-4-5-11(10(2)8-9)12(13(15)16)14-6-7-17-3/h4-5,8,12,14H,6-7H2,1-3H3,(H,15,16). The molecule has 0 aromatic heterocycles. The summed E-state index contributed by atoms with van der Waals surface area (Å²) >= 11 is 0. The first kappa shape index (κ1) is 13.7. The minimum atomic E-state index is -0.868. The highest BCUT2D eigenvalue weighted by Crippen LogP contribution is 2.19. The number of ether oxygens (including phenoxy) is 1. The van der Waals surface area contributed by atoms with E-state index in [1.807, 2.05) is 32.0 Å². The van der Waals surface area contributed by atoms with Crippen LogP contribution in [0.3, 0.4) is 0 Å². The molecule has 0 aliphatic rings. The number of carboxylic acids is 1. The molecule has 0 radical (unpaired) electrons. The van der Waals surface area contributed by atoms with Crippen molar-refractivity contribution in [3.63, 3.8) is 0 Å². The van der Waals surface area contributed by atoms with Crippen molar-refractivity contribution in [2.45, 2.75) is 19.9 Å². The molecule has 0 aliphatic heterocycles. The predicted octanol–water partition coefficient (Wildman–Crippen LogP) is 1.67. The lowest BCUT2D eigenvalue weighted by molar-refractivity contribution is -0.139. The van der Waals surface area contributed by atoms with Crippen molar-refractivity contribution in [3.05, 3.63) is 34.9 Å². The van der Waals surface area contributed by atoms with E-state index in [1.165, 1.54) is 0 Å². The highest BCUT2D eigenvalue weighted by atomic mass is 16.5. The van der Waals surface area contributed by atoms with Crippen LogP contribution < -0.4 is 5.32 Å². The molecule has 0 saturated carbocycles. The maximum absolute atomic E-state index is 11.2. The molecule has 0 spiro atoms. The summed E-state index contributed by atoms with van der Waals surface area (Å²) in [7, 11) is 1.59. The van der Waals surface area contributed by atoms with Crippen molar-refractivity contribution >= 4 is 5.97 Å². The first-order valence-electron chi connectivity index (χ1n) is 5.58. The zero-order valence-corrected chi connectivity index (χ0v) is 10.5. The lowest BCUT2D eigenvalue weighted by atomic mass is 9.99. The summed E-state index contributed by atoms with van der Waals surface area (Å²) in [6.45, 7) is 4.93. The highest BCUT2D eigenvalue weighted by molar-refractivity contribution is 5.76. The summed E-state index contributed by atoms with van der Waals surface area (Å²) in [5.41, 5.74) is 2.92. The molecule has 1 aromatic carbocycles. The SMILES string of the molecule is COCCNC(C(=O)O)c1ccc(C)cc1C. The molecule has 1 rings (SSSR count). The zero-order valence-electron chi connectivity index (χ0n) is 10.5. The van der Waals surface area contributed by atoms with Gasteiger partial charge in [-0.1, -0.05) is 23.8 Å². The smallest absolute Gasteiger partial charge is 0.325 e. The Morgan fingerprint density at radius 1 is 1.47 bits per heavy atom. The van der Waals surface area contributed by atoms with Crippen LogP contribution in [0.5, 0.6) is 0 Å². The molecular formula is C13H19NO3. The molecule has 0 amide bonds. The second-order valence-corrected chi connectivity index (χ2v) is 4.08. The lowest BCUT2D eigenvalue weighted by Crippen LogP contribution is -2.31. The molecule has 0 aliphatic carbocycles. The highest BCUT2D eigenvalue weighted by Gasteiger charge is 2.20. The van der Waals surface area contributed by atoms with Gasteiger partial charge in [0, 0.05) is 13.7 Å². The van der Waals surface area contributed by atoms with Gasteiger partial charge in [0.2, 0.25) is 0 Å². The number of aliphatic carboxylic acids is 1. The van der Waals surface area contributed by atoms with Gasteiger partial charge >= 0.3 is 5.97 Å². The van der Waals surface area contributed by atoms with Gasteiger partial charge in [-0.25, -0.2) is 0 Å². The Bertz CT molecular complexity index is 390. The van der Waals surface area contributed by atoms with E-state index in [-0.39, 0.29) is 0 Å². The largest absolute Gasteiger partial charge is 0.480 e. The average Bonchev–Trinajstić information content (AvgIpc) is 2.25. The van der Waals surface area contributed by atoms with Crippen molar-refractivity contribution in [2.75, 3.05) is 20.3 Å². The van der Waals surface area contributed by atoms with Crippen LogP contribution in [-0.2, 0) is 9.53 Å². The molecule has 0 saturated heterocycles. The van der Waals surface area contributed by atoms with E-state index in [2.05, 4.69) is 5.32 Å². The topological polar surface area (TPSA) is 58.6 Å². The molecule has 1 atom stereocenters. The number of rotatable bonds is 6. The summed E-state index contributed by atoms with van der Waals surface area (Å²) in [5.74, 6) is -0.868. The van der Waals surface area contributed by atoms with Crippen LogP contribution in [0.2, 0.25) is 0 Å². The lowest BCUT2D eigenvalue weighted by Gasteiger charge is -2.17. The van der Waals surface area contributed by atoms with E-state index < -0.39 is 12.0 Å².